The van der Waals surface area contributed by atoms with Crippen LogP contribution in [-0.2, 0) is 4.79 Å². The molecule has 0 atom stereocenters. The van der Waals surface area contributed by atoms with E-state index < -0.39 is 4.92 Å². The van der Waals surface area contributed by atoms with Crippen molar-refractivity contribution < 1.29 is 14.5 Å². The van der Waals surface area contributed by atoms with Gasteiger partial charge in [0.2, 0.25) is 5.91 Å². The van der Waals surface area contributed by atoms with Crippen molar-refractivity contribution >= 4 is 23.1 Å². The summed E-state index contributed by atoms with van der Waals surface area (Å²) in [5.74, 6) is -0.103. The Balaban J connectivity index is 2.21. The zero-order chi connectivity index (χ0) is 16.3. The Morgan fingerprint density at radius 2 is 1.86 bits per heavy atom. The second-order valence-electron chi connectivity index (χ2n) is 5.24. The Labute approximate surface area is 128 Å². The van der Waals surface area contributed by atoms with E-state index in [1.807, 2.05) is 11.8 Å². The van der Waals surface area contributed by atoms with Crippen LogP contribution in [0.2, 0.25) is 0 Å². The zero-order valence-corrected chi connectivity index (χ0v) is 12.7. The van der Waals surface area contributed by atoms with Crippen molar-refractivity contribution in [1.82, 2.24) is 4.90 Å². The standard InChI is InChI=1S/C15H19N3O4/c1-3-15(20)17-8-6-16(7-9-17)13-5-4-12(11(2)19)10-14(13)18(21)22/h4-5,10H,3,6-9H2,1-2H3. The summed E-state index contributed by atoms with van der Waals surface area (Å²) in [4.78, 5) is 37.5. The van der Waals surface area contributed by atoms with Crippen LogP contribution in [0.4, 0.5) is 11.4 Å². The van der Waals surface area contributed by atoms with Crippen molar-refractivity contribution in [2.45, 2.75) is 20.3 Å². The molecule has 1 aromatic carbocycles. The summed E-state index contributed by atoms with van der Waals surface area (Å²) in [6.07, 6.45) is 0.466. The number of benzene rings is 1. The maximum absolute atomic E-state index is 11.7. The normalized spacial score (nSPS) is 14.8. The minimum Gasteiger partial charge on any atom is -0.362 e. The fourth-order valence-electron chi connectivity index (χ4n) is 2.58. The highest BCUT2D eigenvalue weighted by Gasteiger charge is 2.25. The van der Waals surface area contributed by atoms with Crippen LogP contribution in [0.1, 0.15) is 30.6 Å². The molecule has 7 heteroatoms. The van der Waals surface area contributed by atoms with Crippen molar-refractivity contribution in [2.75, 3.05) is 31.1 Å². The van der Waals surface area contributed by atoms with Gasteiger partial charge < -0.3 is 9.80 Å². The Morgan fingerprint density at radius 1 is 1.23 bits per heavy atom. The predicted molar refractivity (Wildman–Crippen MR) is 82.2 cm³/mol. The zero-order valence-electron chi connectivity index (χ0n) is 12.7. The third-order valence-electron chi connectivity index (χ3n) is 3.85. The molecule has 22 heavy (non-hydrogen) atoms. The van der Waals surface area contributed by atoms with Gasteiger partial charge in [0.25, 0.3) is 5.69 Å². The molecule has 0 bridgehead atoms. The highest BCUT2D eigenvalue weighted by Crippen LogP contribution is 2.30. The number of anilines is 1. The van der Waals surface area contributed by atoms with E-state index in [1.165, 1.54) is 13.0 Å². The van der Waals surface area contributed by atoms with Gasteiger partial charge in [-0.1, -0.05) is 6.92 Å². The molecule has 1 fully saturated rings. The molecule has 0 aromatic heterocycles. The van der Waals surface area contributed by atoms with Gasteiger partial charge in [0.15, 0.2) is 5.78 Å². The van der Waals surface area contributed by atoms with E-state index in [4.69, 9.17) is 0 Å². The number of nitrogens with zero attached hydrogens (tertiary/aromatic N) is 3. The Kier molecular flexibility index (Phi) is 4.75. The Bertz CT molecular complexity index is 607. The highest BCUT2D eigenvalue weighted by atomic mass is 16.6. The molecule has 1 saturated heterocycles. The number of carbonyl (C=O) groups is 2. The van der Waals surface area contributed by atoms with E-state index in [2.05, 4.69) is 0 Å². The first-order valence-corrected chi connectivity index (χ1v) is 7.26. The van der Waals surface area contributed by atoms with E-state index in [1.54, 1.807) is 17.0 Å². The third kappa shape index (κ3) is 3.24. The molecule has 1 aliphatic heterocycles. The molecule has 0 aliphatic carbocycles. The molecule has 1 aromatic rings. The van der Waals surface area contributed by atoms with Crippen molar-refractivity contribution in [3.63, 3.8) is 0 Å². The number of hydrogen-bond acceptors (Lipinski definition) is 5. The fraction of sp³-hybridized carbons (Fsp3) is 0.467. The van der Waals surface area contributed by atoms with E-state index in [-0.39, 0.29) is 17.4 Å². The summed E-state index contributed by atoms with van der Waals surface area (Å²) < 4.78 is 0. The first-order valence-electron chi connectivity index (χ1n) is 7.26. The van der Waals surface area contributed by atoms with Gasteiger partial charge in [-0.15, -0.1) is 0 Å². The molecule has 2 rings (SSSR count). The largest absolute Gasteiger partial charge is 0.362 e. The van der Waals surface area contributed by atoms with Crippen LogP contribution in [-0.4, -0.2) is 47.7 Å². The molecular formula is C15H19N3O4. The van der Waals surface area contributed by atoms with E-state index >= 15 is 0 Å². The van der Waals surface area contributed by atoms with Crippen LogP contribution < -0.4 is 4.90 Å². The minimum atomic E-state index is -0.467. The van der Waals surface area contributed by atoms with Gasteiger partial charge >= 0.3 is 0 Å². The third-order valence-corrected chi connectivity index (χ3v) is 3.85. The van der Waals surface area contributed by atoms with Crippen LogP contribution in [0.5, 0.6) is 0 Å². The summed E-state index contributed by atoms with van der Waals surface area (Å²) in [5, 5.41) is 11.3. The van der Waals surface area contributed by atoms with Crippen LogP contribution in [0.15, 0.2) is 18.2 Å². The summed E-state index contributed by atoms with van der Waals surface area (Å²) in [5.41, 5.74) is 0.761. The molecule has 7 nitrogen and oxygen atoms in total. The van der Waals surface area contributed by atoms with Gasteiger partial charge in [0.1, 0.15) is 5.69 Å². The minimum absolute atomic E-state index is 0.0667. The number of hydrogen-bond donors (Lipinski definition) is 0. The lowest BCUT2D eigenvalue weighted by atomic mass is 10.1. The fourth-order valence-corrected chi connectivity index (χ4v) is 2.58. The topological polar surface area (TPSA) is 83.8 Å². The average Bonchev–Trinajstić information content (AvgIpc) is 2.53. The van der Waals surface area contributed by atoms with Crippen molar-refractivity contribution in [1.29, 1.82) is 0 Å². The van der Waals surface area contributed by atoms with Crippen LogP contribution >= 0.6 is 0 Å². The Morgan fingerprint density at radius 3 is 2.36 bits per heavy atom. The van der Waals surface area contributed by atoms with Gasteiger partial charge in [-0.05, 0) is 19.1 Å². The van der Waals surface area contributed by atoms with Crippen LogP contribution in [0.3, 0.4) is 0 Å². The first kappa shape index (κ1) is 15.9. The number of carbonyl (C=O) groups excluding carboxylic acids is 2. The number of nitro benzene ring substituents is 1. The van der Waals surface area contributed by atoms with Gasteiger partial charge in [0, 0.05) is 44.2 Å². The van der Waals surface area contributed by atoms with Crippen molar-refractivity contribution in [3.8, 4) is 0 Å². The van der Waals surface area contributed by atoms with Crippen molar-refractivity contribution in [2.24, 2.45) is 0 Å². The molecule has 0 unspecified atom stereocenters. The second-order valence-corrected chi connectivity index (χ2v) is 5.24. The van der Waals surface area contributed by atoms with Gasteiger partial charge in [-0.2, -0.15) is 0 Å². The Hall–Kier alpha value is -2.44. The van der Waals surface area contributed by atoms with E-state index in [9.17, 15) is 19.7 Å². The smallest absolute Gasteiger partial charge is 0.293 e. The quantitative estimate of drug-likeness (QED) is 0.481. The van der Waals surface area contributed by atoms with E-state index in [0.29, 0.717) is 43.9 Å². The molecule has 0 N–H and O–H groups in total. The summed E-state index contributed by atoms with van der Waals surface area (Å²) in [6, 6.07) is 4.54. The highest BCUT2D eigenvalue weighted by molar-refractivity contribution is 5.95. The molecule has 1 aliphatic rings. The molecule has 0 saturated carbocycles. The predicted octanol–water partition coefficient (Wildman–Crippen LogP) is 1.86. The van der Waals surface area contributed by atoms with Gasteiger partial charge in [-0.25, -0.2) is 0 Å². The molecule has 0 spiro atoms. The molecular weight excluding hydrogens is 286 g/mol. The van der Waals surface area contributed by atoms with Crippen LogP contribution in [0, 0.1) is 10.1 Å². The van der Waals surface area contributed by atoms with E-state index in [0.717, 1.165) is 0 Å². The number of Topliss-reactive ketones (excluding diaryl/α,β-unsaturated/α-hetero) is 1. The molecule has 1 amide bonds. The van der Waals surface area contributed by atoms with Gasteiger partial charge in [-0.3, -0.25) is 19.7 Å². The lowest BCUT2D eigenvalue weighted by molar-refractivity contribution is -0.384. The van der Waals surface area contributed by atoms with Gasteiger partial charge in [0.05, 0.1) is 4.92 Å². The first-order chi connectivity index (χ1) is 10.4. The number of piperazine rings is 1. The van der Waals surface area contributed by atoms with Crippen LogP contribution in [0.25, 0.3) is 0 Å². The monoisotopic (exact) mass is 305 g/mol. The number of ketones is 1. The number of amides is 1. The molecule has 1 heterocycles. The second kappa shape index (κ2) is 6.55. The van der Waals surface area contributed by atoms with Crippen molar-refractivity contribution in [3.05, 3.63) is 33.9 Å². The lowest BCUT2D eigenvalue weighted by Crippen LogP contribution is -2.48. The maximum Gasteiger partial charge on any atom is 0.293 e. The lowest BCUT2D eigenvalue weighted by Gasteiger charge is -2.35. The summed E-state index contributed by atoms with van der Waals surface area (Å²) in [7, 11) is 0. The molecule has 0 radical (unpaired) electrons. The maximum atomic E-state index is 11.7. The average molecular weight is 305 g/mol. The summed E-state index contributed by atoms with van der Waals surface area (Å²) >= 11 is 0. The SMILES string of the molecule is CCC(=O)N1CCN(c2ccc(C(C)=O)cc2[N+](=O)[O-])CC1. The summed E-state index contributed by atoms with van der Waals surface area (Å²) in [6.45, 7) is 5.41. The number of rotatable bonds is 4. The number of nitro groups is 1. The molecule has 118 valence electrons.